The van der Waals surface area contributed by atoms with Crippen LogP contribution < -0.4 is 5.73 Å². The van der Waals surface area contributed by atoms with E-state index in [9.17, 15) is 0 Å². The normalized spacial score (nSPS) is 27.8. The van der Waals surface area contributed by atoms with Gasteiger partial charge < -0.3 is 10.3 Å². The molecule has 0 atom stereocenters. The number of hydrogen-bond acceptors (Lipinski definition) is 2. The van der Waals surface area contributed by atoms with Crippen molar-refractivity contribution in [1.82, 2.24) is 9.55 Å². The van der Waals surface area contributed by atoms with Crippen molar-refractivity contribution < 1.29 is 0 Å². The third kappa shape index (κ3) is 1.96. The van der Waals surface area contributed by atoms with Gasteiger partial charge in [-0.25, -0.2) is 4.98 Å². The summed E-state index contributed by atoms with van der Waals surface area (Å²) in [4.78, 5) is 4.94. The van der Waals surface area contributed by atoms with E-state index in [4.69, 9.17) is 10.7 Å². The monoisotopic (exact) mass is 255 g/mol. The van der Waals surface area contributed by atoms with Crippen molar-refractivity contribution in [2.24, 2.45) is 5.73 Å². The second kappa shape index (κ2) is 4.34. The summed E-state index contributed by atoms with van der Waals surface area (Å²) in [6.45, 7) is 0. The Bertz CT molecular complexity index is 589. The second-order valence-electron chi connectivity index (χ2n) is 6.17. The minimum atomic E-state index is 0.412. The van der Waals surface area contributed by atoms with E-state index in [0.717, 1.165) is 12.8 Å². The van der Waals surface area contributed by atoms with Crippen molar-refractivity contribution in [3.8, 4) is 0 Å². The van der Waals surface area contributed by atoms with Crippen LogP contribution in [0.4, 0.5) is 0 Å². The van der Waals surface area contributed by atoms with Crippen LogP contribution in [-0.2, 0) is 0 Å². The molecule has 2 aromatic rings. The van der Waals surface area contributed by atoms with Crippen LogP contribution in [0, 0.1) is 0 Å². The molecule has 2 aliphatic carbocycles. The van der Waals surface area contributed by atoms with Gasteiger partial charge in [0, 0.05) is 18.0 Å². The molecular weight excluding hydrogens is 234 g/mol. The van der Waals surface area contributed by atoms with Gasteiger partial charge in [0.05, 0.1) is 11.0 Å². The number of aromatic nitrogens is 2. The van der Waals surface area contributed by atoms with Crippen molar-refractivity contribution in [2.45, 2.75) is 56.5 Å². The fourth-order valence-corrected chi connectivity index (χ4v) is 3.44. The molecule has 2 N–H and O–H groups in total. The molecule has 4 rings (SSSR count). The summed E-state index contributed by atoms with van der Waals surface area (Å²) in [6, 6.07) is 9.70. The zero-order chi connectivity index (χ0) is 12.8. The van der Waals surface area contributed by atoms with E-state index in [2.05, 4.69) is 28.8 Å². The Balaban J connectivity index is 1.78. The van der Waals surface area contributed by atoms with E-state index in [1.807, 2.05) is 0 Å². The van der Waals surface area contributed by atoms with Gasteiger partial charge in [0.15, 0.2) is 0 Å². The lowest BCUT2D eigenvalue weighted by Gasteiger charge is -2.26. The lowest BCUT2D eigenvalue weighted by atomic mass is 9.86. The fraction of sp³-hybridized carbons (Fsp3) is 0.562. The second-order valence-corrected chi connectivity index (χ2v) is 6.17. The minimum Gasteiger partial charge on any atom is -0.328 e. The molecule has 1 aromatic carbocycles. The van der Waals surface area contributed by atoms with Gasteiger partial charge in [-0.2, -0.15) is 0 Å². The predicted molar refractivity (Wildman–Crippen MR) is 77.2 cm³/mol. The molecule has 19 heavy (non-hydrogen) atoms. The van der Waals surface area contributed by atoms with Crippen molar-refractivity contribution in [3.63, 3.8) is 0 Å². The molecule has 0 amide bonds. The van der Waals surface area contributed by atoms with Crippen LogP contribution in [0.5, 0.6) is 0 Å². The number of fused-ring (bicyclic) bond motifs is 1. The summed E-state index contributed by atoms with van der Waals surface area (Å²) in [5, 5.41) is 0. The van der Waals surface area contributed by atoms with Crippen LogP contribution in [0.2, 0.25) is 0 Å². The van der Waals surface area contributed by atoms with E-state index in [1.54, 1.807) is 0 Å². The molecule has 2 saturated carbocycles. The van der Waals surface area contributed by atoms with Crippen LogP contribution in [0.25, 0.3) is 11.0 Å². The Morgan fingerprint density at radius 2 is 1.74 bits per heavy atom. The van der Waals surface area contributed by atoms with Gasteiger partial charge in [-0.3, -0.25) is 0 Å². The van der Waals surface area contributed by atoms with E-state index in [0.29, 0.717) is 18.0 Å². The summed E-state index contributed by atoms with van der Waals surface area (Å²) < 4.78 is 2.52. The molecule has 2 aliphatic rings. The molecule has 0 saturated heterocycles. The van der Waals surface area contributed by atoms with Gasteiger partial charge in [-0.15, -0.1) is 0 Å². The Labute approximate surface area is 113 Å². The molecule has 0 spiro atoms. The summed E-state index contributed by atoms with van der Waals surface area (Å²) in [6.07, 6.45) is 7.35. The SMILES string of the molecule is NC1CCC(c2nc3ccccc3n2C2CC2)CC1. The van der Waals surface area contributed by atoms with Crippen LogP contribution in [0.15, 0.2) is 24.3 Å². The fourth-order valence-electron chi connectivity index (χ4n) is 3.44. The largest absolute Gasteiger partial charge is 0.328 e. The molecule has 0 radical (unpaired) electrons. The highest BCUT2D eigenvalue weighted by Crippen LogP contribution is 2.42. The highest BCUT2D eigenvalue weighted by molar-refractivity contribution is 5.76. The van der Waals surface area contributed by atoms with E-state index in [1.165, 1.54) is 42.5 Å². The van der Waals surface area contributed by atoms with Crippen molar-refractivity contribution in [2.75, 3.05) is 0 Å². The van der Waals surface area contributed by atoms with Gasteiger partial charge in [0.25, 0.3) is 0 Å². The Morgan fingerprint density at radius 3 is 2.47 bits per heavy atom. The molecule has 0 aliphatic heterocycles. The summed E-state index contributed by atoms with van der Waals surface area (Å²) >= 11 is 0. The minimum absolute atomic E-state index is 0.412. The molecular formula is C16H21N3. The maximum Gasteiger partial charge on any atom is 0.113 e. The van der Waals surface area contributed by atoms with Gasteiger partial charge in [-0.1, -0.05) is 12.1 Å². The highest BCUT2D eigenvalue weighted by atomic mass is 15.1. The van der Waals surface area contributed by atoms with Gasteiger partial charge in [-0.05, 0) is 50.7 Å². The van der Waals surface area contributed by atoms with Gasteiger partial charge in [0.1, 0.15) is 5.82 Å². The van der Waals surface area contributed by atoms with Crippen LogP contribution in [0.3, 0.4) is 0 Å². The summed E-state index contributed by atoms with van der Waals surface area (Å²) in [7, 11) is 0. The Kier molecular flexibility index (Phi) is 2.62. The number of benzene rings is 1. The molecule has 2 fully saturated rings. The van der Waals surface area contributed by atoms with Crippen molar-refractivity contribution >= 4 is 11.0 Å². The third-order valence-corrected chi connectivity index (χ3v) is 4.67. The molecule has 3 heteroatoms. The van der Waals surface area contributed by atoms with E-state index >= 15 is 0 Å². The molecule has 1 aromatic heterocycles. The molecule has 100 valence electrons. The maximum atomic E-state index is 6.03. The first-order chi connectivity index (χ1) is 9.33. The quantitative estimate of drug-likeness (QED) is 0.894. The highest BCUT2D eigenvalue weighted by Gasteiger charge is 2.32. The summed E-state index contributed by atoms with van der Waals surface area (Å²) in [5.74, 6) is 1.95. The zero-order valence-electron chi connectivity index (χ0n) is 11.3. The number of nitrogens with two attached hydrogens (primary N) is 1. The number of nitrogens with zero attached hydrogens (tertiary/aromatic N) is 2. The average molecular weight is 255 g/mol. The number of hydrogen-bond donors (Lipinski definition) is 1. The van der Waals surface area contributed by atoms with Crippen molar-refractivity contribution in [1.29, 1.82) is 0 Å². The third-order valence-electron chi connectivity index (χ3n) is 4.67. The maximum absolute atomic E-state index is 6.03. The van der Waals surface area contributed by atoms with Crippen LogP contribution >= 0.6 is 0 Å². The first kappa shape index (κ1) is 11.5. The Morgan fingerprint density at radius 1 is 1.00 bits per heavy atom. The first-order valence-corrected chi connectivity index (χ1v) is 7.55. The van der Waals surface area contributed by atoms with Gasteiger partial charge >= 0.3 is 0 Å². The standard InChI is InChI=1S/C16H21N3/c17-12-7-5-11(6-8-12)16-18-14-3-1-2-4-15(14)19(16)13-9-10-13/h1-4,11-13H,5-10,17H2. The number of para-hydroxylation sites is 2. The van der Waals surface area contributed by atoms with Crippen molar-refractivity contribution in [3.05, 3.63) is 30.1 Å². The van der Waals surface area contributed by atoms with Crippen LogP contribution in [-0.4, -0.2) is 15.6 Å². The topological polar surface area (TPSA) is 43.8 Å². The summed E-state index contributed by atoms with van der Waals surface area (Å²) in [5.41, 5.74) is 8.53. The average Bonchev–Trinajstić information content (AvgIpc) is 3.20. The lowest BCUT2D eigenvalue weighted by molar-refractivity contribution is 0.377. The molecule has 3 nitrogen and oxygen atoms in total. The lowest BCUT2D eigenvalue weighted by Crippen LogP contribution is -2.26. The van der Waals surface area contributed by atoms with E-state index in [-0.39, 0.29) is 0 Å². The predicted octanol–water partition coefficient (Wildman–Crippen LogP) is 3.36. The number of imidazole rings is 1. The first-order valence-electron chi connectivity index (χ1n) is 7.55. The zero-order valence-corrected chi connectivity index (χ0v) is 11.3. The number of rotatable bonds is 2. The van der Waals surface area contributed by atoms with E-state index < -0.39 is 0 Å². The smallest absolute Gasteiger partial charge is 0.113 e. The Hall–Kier alpha value is -1.35. The molecule has 1 heterocycles. The molecule has 0 bridgehead atoms. The van der Waals surface area contributed by atoms with Gasteiger partial charge in [0.2, 0.25) is 0 Å². The van der Waals surface area contributed by atoms with Crippen LogP contribution in [0.1, 0.15) is 56.3 Å². The molecule has 0 unspecified atom stereocenters.